The van der Waals surface area contributed by atoms with E-state index in [4.69, 9.17) is 16.6 Å². The molecule has 6 heteroatoms. The van der Waals surface area contributed by atoms with E-state index in [2.05, 4.69) is 17.1 Å². The normalized spacial score (nSPS) is 19.6. The van der Waals surface area contributed by atoms with Gasteiger partial charge >= 0.3 is 0 Å². The van der Waals surface area contributed by atoms with Crippen molar-refractivity contribution in [3.05, 3.63) is 21.3 Å². The van der Waals surface area contributed by atoms with Gasteiger partial charge in [-0.3, -0.25) is 4.90 Å². The van der Waals surface area contributed by atoms with E-state index in [0.717, 1.165) is 27.3 Å². The molecule has 0 aliphatic carbocycles. The molecule has 1 N–H and O–H groups in total. The fourth-order valence-electron chi connectivity index (χ4n) is 2.61. The SMILES string of the molecule is CNc1nc(-c2cc(Cl)cs2)c(CN2CCC[C@H]2C)s1. The van der Waals surface area contributed by atoms with Gasteiger partial charge < -0.3 is 5.32 Å². The van der Waals surface area contributed by atoms with Crippen molar-refractivity contribution in [3.63, 3.8) is 0 Å². The second-order valence-corrected chi connectivity index (χ2v) is 7.56. The van der Waals surface area contributed by atoms with E-state index in [-0.39, 0.29) is 0 Å². The Balaban J connectivity index is 1.90. The summed E-state index contributed by atoms with van der Waals surface area (Å²) in [6.07, 6.45) is 2.61. The molecule has 3 heterocycles. The Bertz CT molecular complexity index is 593. The molecule has 0 amide bonds. The molecule has 0 unspecified atom stereocenters. The molecule has 1 atom stereocenters. The van der Waals surface area contributed by atoms with Gasteiger partial charge in [-0.25, -0.2) is 4.98 Å². The van der Waals surface area contributed by atoms with E-state index in [1.54, 1.807) is 22.7 Å². The fourth-order valence-corrected chi connectivity index (χ4v) is 4.72. The number of hydrogen-bond acceptors (Lipinski definition) is 5. The fraction of sp³-hybridized carbons (Fsp3) is 0.500. The molecule has 2 aromatic heterocycles. The second kappa shape index (κ2) is 6.02. The molecule has 3 nitrogen and oxygen atoms in total. The molecular formula is C14H18ClN3S2. The Morgan fingerprint density at radius 1 is 1.55 bits per heavy atom. The van der Waals surface area contributed by atoms with Crippen LogP contribution in [-0.2, 0) is 6.54 Å². The number of thiazole rings is 1. The predicted molar refractivity (Wildman–Crippen MR) is 89.1 cm³/mol. The zero-order valence-corrected chi connectivity index (χ0v) is 14.0. The van der Waals surface area contributed by atoms with Crippen LogP contribution in [0.4, 0.5) is 5.13 Å². The lowest BCUT2D eigenvalue weighted by molar-refractivity contribution is 0.263. The van der Waals surface area contributed by atoms with Gasteiger partial charge in [0.15, 0.2) is 5.13 Å². The summed E-state index contributed by atoms with van der Waals surface area (Å²) in [5, 5.41) is 6.90. The smallest absolute Gasteiger partial charge is 0.183 e. The van der Waals surface area contributed by atoms with Crippen molar-refractivity contribution in [1.29, 1.82) is 0 Å². The lowest BCUT2D eigenvalue weighted by atomic mass is 10.2. The number of likely N-dealkylation sites (tertiary alicyclic amines) is 1. The third-order valence-corrected chi connectivity index (χ3v) is 6.09. The van der Waals surface area contributed by atoms with E-state index in [1.807, 2.05) is 18.5 Å². The Kier molecular flexibility index (Phi) is 4.31. The topological polar surface area (TPSA) is 28.2 Å². The van der Waals surface area contributed by atoms with Crippen molar-refractivity contribution in [3.8, 4) is 10.6 Å². The third-order valence-electron chi connectivity index (χ3n) is 3.75. The van der Waals surface area contributed by atoms with Gasteiger partial charge in [0.2, 0.25) is 0 Å². The zero-order valence-electron chi connectivity index (χ0n) is 11.6. The molecule has 0 saturated carbocycles. The molecule has 3 rings (SSSR count). The Labute approximate surface area is 132 Å². The number of nitrogens with zero attached hydrogens (tertiary/aromatic N) is 2. The van der Waals surface area contributed by atoms with Gasteiger partial charge in [0.05, 0.1) is 15.6 Å². The lowest BCUT2D eigenvalue weighted by Crippen LogP contribution is -2.25. The predicted octanol–water partition coefficient (Wildman–Crippen LogP) is 4.55. The van der Waals surface area contributed by atoms with Crippen LogP contribution in [0.25, 0.3) is 10.6 Å². The summed E-state index contributed by atoms with van der Waals surface area (Å²) in [5.74, 6) is 0. The number of rotatable bonds is 4. The van der Waals surface area contributed by atoms with Crippen LogP contribution in [0.5, 0.6) is 0 Å². The average molecular weight is 328 g/mol. The summed E-state index contributed by atoms with van der Waals surface area (Å²) >= 11 is 9.47. The monoisotopic (exact) mass is 327 g/mol. The second-order valence-electron chi connectivity index (χ2n) is 5.13. The first kappa shape index (κ1) is 14.3. The average Bonchev–Trinajstić information content (AvgIpc) is 3.12. The first-order chi connectivity index (χ1) is 9.67. The lowest BCUT2D eigenvalue weighted by Gasteiger charge is -2.20. The molecule has 0 bridgehead atoms. The first-order valence-corrected chi connectivity index (χ1v) is 8.90. The highest BCUT2D eigenvalue weighted by Gasteiger charge is 2.23. The van der Waals surface area contributed by atoms with Crippen molar-refractivity contribution in [2.24, 2.45) is 0 Å². The van der Waals surface area contributed by atoms with Gasteiger partial charge in [0, 0.05) is 29.9 Å². The Hall–Kier alpha value is -0.620. The molecule has 1 saturated heterocycles. The Morgan fingerprint density at radius 3 is 3.00 bits per heavy atom. The van der Waals surface area contributed by atoms with Crippen LogP contribution >= 0.6 is 34.3 Å². The molecule has 0 radical (unpaired) electrons. The third kappa shape index (κ3) is 2.86. The number of aromatic nitrogens is 1. The van der Waals surface area contributed by atoms with Gasteiger partial charge in [0.25, 0.3) is 0 Å². The molecule has 2 aromatic rings. The van der Waals surface area contributed by atoms with Crippen molar-refractivity contribution in [2.45, 2.75) is 32.4 Å². The summed E-state index contributed by atoms with van der Waals surface area (Å²) in [4.78, 5) is 9.76. The molecule has 1 aliphatic rings. The number of nitrogens with one attached hydrogen (secondary N) is 1. The summed E-state index contributed by atoms with van der Waals surface area (Å²) < 4.78 is 0. The Morgan fingerprint density at radius 2 is 2.40 bits per heavy atom. The van der Waals surface area contributed by atoms with Crippen molar-refractivity contribution in [1.82, 2.24) is 9.88 Å². The van der Waals surface area contributed by atoms with Crippen molar-refractivity contribution in [2.75, 3.05) is 18.9 Å². The van der Waals surface area contributed by atoms with Gasteiger partial charge in [-0.1, -0.05) is 11.6 Å². The van der Waals surface area contributed by atoms with E-state index in [0.29, 0.717) is 6.04 Å². The maximum Gasteiger partial charge on any atom is 0.183 e. The highest BCUT2D eigenvalue weighted by Crippen LogP contribution is 2.37. The number of anilines is 1. The van der Waals surface area contributed by atoms with E-state index >= 15 is 0 Å². The summed E-state index contributed by atoms with van der Waals surface area (Å²) in [6.45, 7) is 4.50. The van der Waals surface area contributed by atoms with Crippen LogP contribution in [0.2, 0.25) is 5.02 Å². The quantitative estimate of drug-likeness (QED) is 0.892. The zero-order chi connectivity index (χ0) is 14.1. The van der Waals surface area contributed by atoms with Crippen molar-refractivity contribution < 1.29 is 0 Å². The standard InChI is InChI=1S/C14H18ClN3S2/c1-9-4-3-5-18(9)7-12-13(17-14(16-2)20-12)11-6-10(15)8-19-11/h6,8-9H,3-5,7H2,1-2H3,(H,16,17)/t9-/m1/s1. The van der Waals surface area contributed by atoms with Gasteiger partial charge in [-0.2, -0.15) is 0 Å². The first-order valence-electron chi connectivity index (χ1n) is 6.83. The van der Waals surface area contributed by atoms with Crippen LogP contribution in [0, 0.1) is 0 Å². The minimum Gasteiger partial charge on any atom is -0.365 e. The maximum absolute atomic E-state index is 6.06. The minimum atomic E-state index is 0.676. The molecular weight excluding hydrogens is 310 g/mol. The highest BCUT2D eigenvalue weighted by molar-refractivity contribution is 7.17. The molecule has 108 valence electrons. The van der Waals surface area contributed by atoms with Crippen molar-refractivity contribution >= 4 is 39.4 Å². The number of hydrogen-bond donors (Lipinski definition) is 1. The van der Waals surface area contributed by atoms with Crippen LogP contribution in [0.3, 0.4) is 0 Å². The van der Waals surface area contributed by atoms with Gasteiger partial charge in [-0.05, 0) is 32.4 Å². The summed E-state index contributed by atoms with van der Waals surface area (Å²) in [6, 6.07) is 2.69. The maximum atomic E-state index is 6.06. The van der Waals surface area contributed by atoms with E-state index < -0.39 is 0 Å². The largest absolute Gasteiger partial charge is 0.365 e. The molecule has 1 fully saturated rings. The molecule has 1 aliphatic heterocycles. The van der Waals surface area contributed by atoms with Gasteiger partial charge in [0.1, 0.15) is 0 Å². The van der Waals surface area contributed by atoms with E-state index in [9.17, 15) is 0 Å². The summed E-state index contributed by atoms with van der Waals surface area (Å²) in [5.41, 5.74) is 1.09. The number of thiophene rings is 1. The molecule has 20 heavy (non-hydrogen) atoms. The minimum absolute atomic E-state index is 0.676. The molecule has 0 spiro atoms. The highest BCUT2D eigenvalue weighted by atomic mass is 35.5. The van der Waals surface area contributed by atoms with Crippen LogP contribution in [0.15, 0.2) is 11.4 Å². The number of halogens is 1. The summed E-state index contributed by atoms with van der Waals surface area (Å²) in [7, 11) is 1.92. The van der Waals surface area contributed by atoms with Crippen LogP contribution in [0.1, 0.15) is 24.6 Å². The van der Waals surface area contributed by atoms with Gasteiger partial charge in [-0.15, -0.1) is 22.7 Å². The van der Waals surface area contributed by atoms with E-state index in [1.165, 1.54) is 24.3 Å². The van der Waals surface area contributed by atoms with Crippen LogP contribution in [-0.4, -0.2) is 29.5 Å². The van der Waals surface area contributed by atoms with Crippen LogP contribution < -0.4 is 5.32 Å². The molecule has 0 aromatic carbocycles.